The number of ether oxygens (including phenoxy) is 1. The van der Waals surface area contributed by atoms with Crippen LogP contribution in [0.15, 0.2) is 24.3 Å². The van der Waals surface area contributed by atoms with Crippen molar-refractivity contribution in [2.24, 2.45) is 5.92 Å². The van der Waals surface area contributed by atoms with Crippen LogP contribution in [0, 0.1) is 12.8 Å². The second-order valence-electron chi connectivity index (χ2n) is 6.92. The SMILES string of the molecule is Cc1ccc(CNC(=O)[C@@H]2CCCN(S(=O)(=O)N3CCOCC3)C2)cc1. The molecule has 0 aromatic heterocycles. The zero-order chi connectivity index (χ0) is 18.6. The number of rotatable bonds is 5. The summed E-state index contributed by atoms with van der Waals surface area (Å²) >= 11 is 0. The van der Waals surface area contributed by atoms with Crippen molar-refractivity contribution in [1.29, 1.82) is 0 Å². The van der Waals surface area contributed by atoms with Gasteiger partial charge in [-0.15, -0.1) is 0 Å². The molecular weight excluding hydrogens is 354 g/mol. The van der Waals surface area contributed by atoms with E-state index in [1.807, 2.05) is 31.2 Å². The van der Waals surface area contributed by atoms with E-state index < -0.39 is 10.2 Å². The van der Waals surface area contributed by atoms with Crippen LogP contribution in [0.5, 0.6) is 0 Å². The van der Waals surface area contributed by atoms with Crippen molar-refractivity contribution >= 4 is 16.1 Å². The van der Waals surface area contributed by atoms with Crippen molar-refractivity contribution in [3.05, 3.63) is 35.4 Å². The van der Waals surface area contributed by atoms with E-state index in [9.17, 15) is 13.2 Å². The molecule has 0 aliphatic carbocycles. The van der Waals surface area contributed by atoms with Crippen LogP contribution >= 0.6 is 0 Å². The van der Waals surface area contributed by atoms with Gasteiger partial charge in [0.25, 0.3) is 10.2 Å². The molecule has 0 saturated carbocycles. The summed E-state index contributed by atoms with van der Waals surface area (Å²) in [5, 5.41) is 2.95. The first-order chi connectivity index (χ1) is 12.5. The molecule has 1 atom stereocenters. The summed E-state index contributed by atoms with van der Waals surface area (Å²) in [7, 11) is -3.52. The maximum Gasteiger partial charge on any atom is 0.282 e. The van der Waals surface area contributed by atoms with Gasteiger partial charge in [-0.3, -0.25) is 4.79 Å². The van der Waals surface area contributed by atoms with E-state index in [0.717, 1.165) is 12.0 Å². The van der Waals surface area contributed by atoms with Crippen molar-refractivity contribution in [3.8, 4) is 0 Å². The van der Waals surface area contributed by atoms with Gasteiger partial charge in [0.15, 0.2) is 0 Å². The van der Waals surface area contributed by atoms with Crippen LogP contribution in [-0.2, 0) is 26.3 Å². The Morgan fingerprint density at radius 2 is 1.85 bits per heavy atom. The Labute approximate surface area is 155 Å². The topological polar surface area (TPSA) is 79.0 Å². The quantitative estimate of drug-likeness (QED) is 0.822. The van der Waals surface area contributed by atoms with Crippen LogP contribution < -0.4 is 5.32 Å². The van der Waals surface area contributed by atoms with Gasteiger partial charge in [0.1, 0.15) is 0 Å². The maximum absolute atomic E-state index is 12.8. The first kappa shape index (κ1) is 19.3. The van der Waals surface area contributed by atoms with Crippen LogP contribution in [0.25, 0.3) is 0 Å². The minimum atomic E-state index is -3.52. The van der Waals surface area contributed by atoms with Gasteiger partial charge >= 0.3 is 0 Å². The average molecular weight is 381 g/mol. The fraction of sp³-hybridized carbons (Fsp3) is 0.611. The van der Waals surface area contributed by atoms with Crippen LogP contribution in [0.1, 0.15) is 24.0 Å². The first-order valence-corrected chi connectivity index (χ1v) is 10.5. The standard InChI is InChI=1S/C18H27N3O4S/c1-15-4-6-16(7-5-15)13-19-18(22)17-3-2-8-21(14-17)26(23,24)20-9-11-25-12-10-20/h4-7,17H,2-3,8-14H2,1H3,(H,19,22)/t17-/m1/s1. The normalized spacial score (nSPS) is 22.9. The smallest absolute Gasteiger partial charge is 0.282 e. The number of hydrogen-bond acceptors (Lipinski definition) is 4. The number of morpholine rings is 1. The lowest BCUT2D eigenvalue weighted by molar-refractivity contribution is -0.126. The van der Waals surface area contributed by atoms with Crippen molar-refractivity contribution < 1.29 is 17.9 Å². The Morgan fingerprint density at radius 3 is 2.54 bits per heavy atom. The summed E-state index contributed by atoms with van der Waals surface area (Å²) in [5.74, 6) is -0.377. The minimum Gasteiger partial charge on any atom is -0.379 e. The highest BCUT2D eigenvalue weighted by atomic mass is 32.2. The molecule has 7 nitrogen and oxygen atoms in total. The van der Waals surface area contributed by atoms with Gasteiger partial charge in [-0.05, 0) is 25.3 Å². The number of piperidine rings is 1. The zero-order valence-electron chi connectivity index (χ0n) is 15.2. The second kappa shape index (κ2) is 8.47. The van der Waals surface area contributed by atoms with Crippen LogP contribution in [0.2, 0.25) is 0 Å². The number of amides is 1. The molecule has 144 valence electrons. The number of aryl methyl sites for hydroxylation is 1. The Morgan fingerprint density at radius 1 is 1.15 bits per heavy atom. The molecule has 2 fully saturated rings. The van der Waals surface area contributed by atoms with Gasteiger partial charge in [-0.1, -0.05) is 29.8 Å². The highest BCUT2D eigenvalue weighted by Crippen LogP contribution is 2.22. The van der Waals surface area contributed by atoms with Gasteiger partial charge < -0.3 is 10.1 Å². The Hall–Kier alpha value is -1.48. The molecule has 3 rings (SSSR count). The van der Waals surface area contributed by atoms with E-state index in [0.29, 0.717) is 45.8 Å². The summed E-state index contributed by atoms with van der Waals surface area (Å²) in [6.45, 7) is 4.81. The molecular formula is C18H27N3O4S. The second-order valence-corrected chi connectivity index (χ2v) is 8.85. The molecule has 1 N–H and O–H groups in total. The lowest BCUT2D eigenvalue weighted by atomic mass is 9.98. The van der Waals surface area contributed by atoms with Gasteiger partial charge in [-0.25, -0.2) is 0 Å². The fourth-order valence-corrected chi connectivity index (χ4v) is 5.01. The molecule has 1 amide bonds. The van der Waals surface area contributed by atoms with Crippen molar-refractivity contribution in [2.45, 2.75) is 26.3 Å². The number of hydrogen-bond donors (Lipinski definition) is 1. The highest BCUT2D eigenvalue weighted by molar-refractivity contribution is 7.86. The predicted octanol–water partition coefficient (Wildman–Crippen LogP) is 0.900. The number of nitrogens with one attached hydrogen (secondary N) is 1. The molecule has 2 heterocycles. The molecule has 2 saturated heterocycles. The fourth-order valence-electron chi connectivity index (χ4n) is 3.35. The third kappa shape index (κ3) is 4.62. The van der Waals surface area contributed by atoms with Crippen molar-refractivity contribution in [1.82, 2.24) is 13.9 Å². The molecule has 26 heavy (non-hydrogen) atoms. The number of carbonyl (C=O) groups is 1. The number of nitrogens with zero attached hydrogens (tertiary/aromatic N) is 2. The summed E-state index contributed by atoms with van der Waals surface area (Å²) in [6, 6.07) is 8.01. The van der Waals surface area contributed by atoms with E-state index in [2.05, 4.69) is 5.32 Å². The van der Waals surface area contributed by atoms with E-state index >= 15 is 0 Å². The molecule has 1 aromatic rings. The van der Waals surface area contributed by atoms with Gasteiger partial charge in [0.05, 0.1) is 19.1 Å². The molecule has 0 spiro atoms. The third-order valence-electron chi connectivity index (χ3n) is 4.96. The van der Waals surface area contributed by atoms with Crippen molar-refractivity contribution in [3.63, 3.8) is 0 Å². The van der Waals surface area contributed by atoms with Gasteiger partial charge in [0, 0.05) is 32.7 Å². The monoisotopic (exact) mass is 381 g/mol. The third-order valence-corrected chi connectivity index (χ3v) is 6.97. The average Bonchev–Trinajstić information content (AvgIpc) is 2.68. The molecule has 1 aromatic carbocycles. The lowest BCUT2D eigenvalue weighted by Gasteiger charge is -2.36. The molecule has 2 aliphatic rings. The minimum absolute atomic E-state index is 0.0764. The Kier molecular flexibility index (Phi) is 6.29. The highest BCUT2D eigenvalue weighted by Gasteiger charge is 2.36. The van der Waals surface area contributed by atoms with Crippen LogP contribution in [0.4, 0.5) is 0 Å². The predicted molar refractivity (Wildman–Crippen MR) is 98.6 cm³/mol. The van der Waals surface area contributed by atoms with Crippen LogP contribution in [-0.4, -0.2) is 62.3 Å². The molecule has 8 heteroatoms. The molecule has 0 unspecified atom stereocenters. The summed E-state index contributed by atoms with van der Waals surface area (Å²) in [5.41, 5.74) is 2.22. The molecule has 2 aliphatic heterocycles. The number of benzene rings is 1. The Balaban J connectivity index is 1.56. The van der Waals surface area contributed by atoms with E-state index in [1.54, 1.807) is 0 Å². The van der Waals surface area contributed by atoms with Crippen molar-refractivity contribution in [2.75, 3.05) is 39.4 Å². The van der Waals surface area contributed by atoms with Gasteiger partial charge in [-0.2, -0.15) is 17.0 Å². The summed E-state index contributed by atoms with van der Waals surface area (Å²) < 4.78 is 33.7. The molecule has 0 radical (unpaired) electrons. The summed E-state index contributed by atoms with van der Waals surface area (Å²) in [4.78, 5) is 12.5. The van der Waals surface area contributed by atoms with E-state index in [-0.39, 0.29) is 18.4 Å². The Bertz CT molecular complexity index is 714. The first-order valence-electron chi connectivity index (χ1n) is 9.13. The lowest BCUT2D eigenvalue weighted by Crippen LogP contribution is -2.52. The maximum atomic E-state index is 12.8. The van der Waals surface area contributed by atoms with Gasteiger partial charge in [0.2, 0.25) is 5.91 Å². The number of carbonyl (C=O) groups excluding carboxylic acids is 1. The largest absolute Gasteiger partial charge is 0.379 e. The summed E-state index contributed by atoms with van der Waals surface area (Å²) in [6.07, 6.45) is 1.42. The zero-order valence-corrected chi connectivity index (χ0v) is 16.0. The molecule has 0 bridgehead atoms. The van der Waals surface area contributed by atoms with E-state index in [1.165, 1.54) is 14.2 Å². The van der Waals surface area contributed by atoms with Crippen LogP contribution in [0.3, 0.4) is 0 Å². The van der Waals surface area contributed by atoms with E-state index in [4.69, 9.17) is 4.74 Å².